The molecule has 5 heteroatoms. The van der Waals surface area contributed by atoms with E-state index >= 15 is 0 Å². The molecule has 0 amide bonds. The molecule has 0 aliphatic carbocycles. The van der Waals surface area contributed by atoms with Crippen LogP contribution in [0.25, 0.3) is 21.8 Å². The second-order valence-corrected chi connectivity index (χ2v) is 6.38. The van der Waals surface area contributed by atoms with E-state index in [1.165, 1.54) is 6.07 Å². The standard InChI is InChI=1S/C19H22N2O3/c1-4-5-6-7-21-16(23)9-12(3)14-10-13-11(2)8-15(22)20-17(13)19(24)18(14)21/h8-10,24H,4-7H2,1-3H3,(H,20,22). The molecule has 2 N–H and O–H groups in total. The van der Waals surface area contributed by atoms with E-state index in [2.05, 4.69) is 11.9 Å². The number of pyridine rings is 2. The Kier molecular flexibility index (Phi) is 4.18. The number of nitrogens with zero attached hydrogens (tertiary/aromatic N) is 1. The molecule has 0 fully saturated rings. The van der Waals surface area contributed by atoms with E-state index in [0.717, 1.165) is 41.2 Å². The van der Waals surface area contributed by atoms with E-state index in [0.29, 0.717) is 17.6 Å². The molecule has 0 aliphatic rings. The number of aromatic nitrogens is 2. The van der Waals surface area contributed by atoms with Crippen molar-refractivity contribution >= 4 is 21.8 Å². The van der Waals surface area contributed by atoms with Crippen molar-refractivity contribution in [2.24, 2.45) is 0 Å². The molecule has 3 aromatic rings. The Labute approximate surface area is 139 Å². The second kappa shape index (κ2) is 6.15. The number of aromatic hydroxyl groups is 1. The van der Waals surface area contributed by atoms with Crippen molar-refractivity contribution in [2.45, 2.75) is 46.6 Å². The van der Waals surface area contributed by atoms with Crippen molar-refractivity contribution in [3.8, 4) is 5.75 Å². The van der Waals surface area contributed by atoms with E-state index in [1.54, 1.807) is 10.6 Å². The lowest BCUT2D eigenvalue weighted by Crippen LogP contribution is -2.21. The highest BCUT2D eigenvalue weighted by Crippen LogP contribution is 2.34. The summed E-state index contributed by atoms with van der Waals surface area (Å²) < 4.78 is 1.62. The average molecular weight is 326 g/mol. The van der Waals surface area contributed by atoms with E-state index < -0.39 is 0 Å². The van der Waals surface area contributed by atoms with Crippen molar-refractivity contribution in [2.75, 3.05) is 0 Å². The maximum atomic E-state index is 12.5. The van der Waals surface area contributed by atoms with Crippen molar-refractivity contribution < 1.29 is 5.11 Å². The van der Waals surface area contributed by atoms with Gasteiger partial charge < -0.3 is 14.7 Å². The number of H-pyrrole nitrogens is 1. The normalized spacial score (nSPS) is 11.5. The molecular weight excluding hydrogens is 304 g/mol. The number of rotatable bonds is 4. The Bertz CT molecular complexity index is 1040. The van der Waals surface area contributed by atoms with E-state index in [-0.39, 0.29) is 16.9 Å². The molecule has 3 rings (SSSR count). The summed E-state index contributed by atoms with van der Waals surface area (Å²) in [4.78, 5) is 26.9. The zero-order chi connectivity index (χ0) is 17.4. The zero-order valence-electron chi connectivity index (χ0n) is 14.3. The Balaban J connectivity index is 2.42. The third-order valence-corrected chi connectivity index (χ3v) is 4.58. The van der Waals surface area contributed by atoms with Crippen LogP contribution in [0, 0.1) is 13.8 Å². The van der Waals surface area contributed by atoms with Gasteiger partial charge in [0.05, 0.1) is 11.0 Å². The quantitative estimate of drug-likeness (QED) is 0.570. The van der Waals surface area contributed by atoms with Crippen LogP contribution in [0.15, 0.2) is 27.8 Å². The lowest BCUT2D eigenvalue weighted by atomic mass is 10.0. The van der Waals surface area contributed by atoms with Crippen LogP contribution in [0.4, 0.5) is 0 Å². The Morgan fingerprint density at radius 3 is 2.46 bits per heavy atom. The molecule has 0 saturated heterocycles. The molecule has 24 heavy (non-hydrogen) atoms. The Hall–Kier alpha value is -2.56. The van der Waals surface area contributed by atoms with Crippen LogP contribution >= 0.6 is 0 Å². The molecule has 126 valence electrons. The van der Waals surface area contributed by atoms with E-state index in [4.69, 9.17) is 0 Å². The first-order valence-electron chi connectivity index (χ1n) is 8.33. The number of aromatic amines is 1. The van der Waals surface area contributed by atoms with Crippen molar-refractivity contribution in [1.29, 1.82) is 0 Å². The fourth-order valence-corrected chi connectivity index (χ4v) is 3.30. The fourth-order valence-electron chi connectivity index (χ4n) is 3.30. The van der Waals surface area contributed by atoms with Crippen LogP contribution in [0.3, 0.4) is 0 Å². The van der Waals surface area contributed by atoms with Gasteiger partial charge in [-0.15, -0.1) is 0 Å². The lowest BCUT2D eigenvalue weighted by molar-refractivity contribution is 0.479. The minimum absolute atomic E-state index is 0.0272. The van der Waals surface area contributed by atoms with Gasteiger partial charge in [0.1, 0.15) is 0 Å². The van der Waals surface area contributed by atoms with Gasteiger partial charge in [0.25, 0.3) is 5.56 Å². The summed E-state index contributed by atoms with van der Waals surface area (Å²) in [5.41, 5.74) is 2.13. The topological polar surface area (TPSA) is 75.1 Å². The van der Waals surface area contributed by atoms with Crippen molar-refractivity contribution in [1.82, 2.24) is 9.55 Å². The monoisotopic (exact) mass is 326 g/mol. The number of benzene rings is 1. The van der Waals surface area contributed by atoms with Crippen LogP contribution in [-0.4, -0.2) is 14.7 Å². The predicted molar refractivity (Wildman–Crippen MR) is 97.0 cm³/mol. The first-order valence-corrected chi connectivity index (χ1v) is 8.33. The number of nitrogens with one attached hydrogen (secondary N) is 1. The summed E-state index contributed by atoms with van der Waals surface area (Å²) in [6.07, 6.45) is 2.95. The summed E-state index contributed by atoms with van der Waals surface area (Å²) in [6, 6.07) is 5.07. The number of unbranched alkanes of at least 4 members (excludes halogenated alkanes) is 2. The number of fused-ring (bicyclic) bond motifs is 2. The van der Waals surface area contributed by atoms with Crippen LogP contribution in [0.2, 0.25) is 0 Å². The third-order valence-electron chi connectivity index (χ3n) is 4.58. The lowest BCUT2D eigenvalue weighted by Gasteiger charge is -2.15. The summed E-state index contributed by atoms with van der Waals surface area (Å²) in [7, 11) is 0. The van der Waals surface area contributed by atoms with E-state index in [9.17, 15) is 14.7 Å². The van der Waals surface area contributed by atoms with Crippen LogP contribution in [-0.2, 0) is 6.54 Å². The molecule has 2 heterocycles. The Morgan fingerprint density at radius 1 is 1.04 bits per heavy atom. The van der Waals surface area contributed by atoms with Crippen LogP contribution < -0.4 is 11.1 Å². The number of phenols is 1. The first kappa shape index (κ1) is 16.3. The minimum atomic E-state index is -0.262. The molecule has 2 aromatic heterocycles. The smallest absolute Gasteiger partial charge is 0.251 e. The van der Waals surface area contributed by atoms with Gasteiger partial charge in [0, 0.05) is 29.4 Å². The molecule has 5 nitrogen and oxygen atoms in total. The maximum Gasteiger partial charge on any atom is 0.251 e. The molecular formula is C19H22N2O3. The predicted octanol–water partition coefficient (Wildman–Crippen LogP) is 3.36. The summed E-state index contributed by atoms with van der Waals surface area (Å²) in [5, 5.41) is 12.4. The first-order chi connectivity index (χ1) is 11.4. The Morgan fingerprint density at radius 2 is 1.75 bits per heavy atom. The van der Waals surface area contributed by atoms with E-state index in [1.807, 2.05) is 19.9 Å². The molecule has 0 unspecified atom stereocenters. The van der Waals surface area contributed by atoms with Crippen molar-refractivity contribution in [3.63, 3.8) is 0 Å². The average Bonchev–Trinajstić information content (AvgIpc) is 2.52. The number of aryl methyl sites for hydroxylation is 3. The fraction of sp³-hybridized carbons (Fsp3) is 0.368. The van der Waals surface area contributed by atoms with Crippen molar-refractivity contribution in [3.05, 3.63) is 50.0 Å². The molecule has 0 saturated carbocycles. The van der Waals surface area contributed by atoms with Gasteiger partial charge in [-0.1, -0.05) is 19.8 Å². The molecule has 0 aliphatic heterocycles. The number of hydrogen-bond donors (Lipinski definition) is 2. The van der Waals surface area contributed by atoms with Gasteiger partial charge in [0.15, 0.2) is 5.75 Å². The molecule has 0 spiro atoms. The molecule has 0 radical (unpaired) electrons. The molecule has 1 aromatic carbocycles. The van der Waals surface area contributed by atoms with Crippen LogP contribution in [0.1, 0.15) is 37.3 Å². The van der Waals surface area contributed by atoms with Gasteiger partial charge in [-0.2, -0.15) is 0 Å². The highest BCUT2D eigenvalue weighted by atomic mass is 16.3. The number of hydrogen-bond acceptors (Lipinski definition) is 3. The van der Waals surface area contributed by atoms with Gasteiger partial charge in [-0.05, 0) is 37.5 Å². The third kappa shape index (κ3) is 2.60. The maximum absolute atomic E-state index is 12.5. The van der Waals surface area contributed by atoms with Gasteiger partial charge in [0.2, 0.25) is 5.56 Å². The zero-order valence-corrected chi connectivity index (χ0v) is 14.3. The molecule has 0 atom stereocenters. The second-order valence-electron chi connectivity index (χ2n) is 6.38. The van der Waals surface area contributed by atoms with Gasteiger partial charge in [-0.3, -0.25) is 9.59 Å². The highest BCUT2D eigenvalue weighted by molar-refractivity contribution is 6.03. The van der Waals surface area contributed by atoms with Gasteiger partial charge in [-0.25, -0.2) is 0 Å². The largest absolute Gasteiger partial charge is 0.504 e. The number of phenolic OH excluding ortho intramolecular Hbond substituents is 1. The minimum Gasteiger partial charge on any atom is -0.504 e. The van der Waals surface area contributed by atoms with Crippen LogP contribution in [0.5, 0.6) is 5.75 Å². The summed E-state index contributed by atoms with van der Waals surface area (Å²) in [5.74, 6) is -0.0272. The molecule has 0 bridgehead atoms. The van der Waals surface area contributed by atoms with Gasteiger partial charge >= 0.3 is 0 Å². The summed E-state index contributed by atoms with van der Waals surface area (Å²) >= 11 is 0. The SMILES string of the molecule is CCCCCn1c(=O)cc(C)c2cc3c(C)cc(=O)[nH]c3c(O)c21. The highest BCUT2D eigenvalue weighted by Gasteiger charge is 2.15. The summed E-state index contributed by atoms with van der Waals surface area (Å²) in [6.45, 7) is 6.37.